The van der Waals surface area contributed by atoms with Crippen molar-refractivity contribution >= 4 is 23.2 Å². The number of hydrogen-bond acceptors (Lipinski definition) is 5. The summed E-state index contributed by atoms with van der Waals surface area (Å²) in [4.78, 5) is 18.8. The van der Waals surface area contributed by atoms with Crippen LogP contribution in [0.15, 0.2) is 28.9 Å². The van der Waals surface area contributed by atoms with Crippen LogP contribution in [0.3, 0.4) is 0 Å². The standard InChI is InChI=1S/C19H21ClF3N5O2/c1-3-27(4-2)9-6-8-24-18(29)16-15(20)17-25-12(13-7-5-10-30-13)11-14(19(21,22)23)28(17)26-16/h5,7,10-11H,3-4,6,8-9H2,1-2H3,(H,24,29). The van der Waals surface area contributed by atoms with Crippen molar-refractivity contribution < 1.29 is 22.4 Å². The molecule has 3 aromatic rings. The van der Waals surface area contributed by atoms with Gasteiger partial charge in [-0.1, -0.05) is 25.4 Å². The van der Waals surface area contributed by atoms with Crippen LogP contribution in [0.2, 0.25) is 5.02 Å². The minimum Gasteiger partial charge on any atom is -0.463 e. The Bertz CT molecular complexity index is 1010. The molecule has 7 nitrogen and oxygen atoms in total. The third kappa shape index (κ3) is 4.59. The van der Waals surface area contributed by atoms with Crippen LogP contribution < -0.4 is 5.32 Å². The highest BCUT2D eigenvalue weighted by molar-refractivity contribution is 6.36. The fourth-order valence-corrected chi connectivity index (χ4v) is 3.26. The smallest absolute Gasteiger partial charge is 0.433 e. The number of amides is 1. The van der Waals surface area contributed by atoms with Gasteiger partial charge in [-0.3, -0.25) is 4.79 Å². The van der Waals surface area contributed by atoms with Crippen LogP contribution in [0, 0.1) is 0 Å². The molecule has 0 saturated heterocycles. The molecule has 0 atom stereocenters. The minimum atomic E-state index is -4.74. The molecular formula is C19H21ClF3N5O2. The van der Waals surface area contributed by atoms with Gasteiger partial charge < -0.3 is 14.6 Å². The molecular weight excluding hydrogens is 423 g/mol. The predicted octanol–water partition coefficient (Wildman–Crippen LogP) is 4.12. The fourth-order valence-electron chi connectivity index (χ4n) is 3.02. The van der Waals surface area contributed by atoms with Crippen molar-refractivity contribution in [1.82, 2.24) is 24.8 Å². The molecule has 0 unspecified atom stereocenters. The van der Waals surface area contributed by atoms with Crippen molar-refractivity contribution in [2.24, 2.45) is 0 Å². The topological polar surface area (TPSA) is 75.7 Å². The van der Waals surface area contributed by atoms with Crippen molar-refractivity contribution in [2.45, 2.75) is 26.4 Å². The van der Waals surface area contributed by atoms with E-state index in [0.717, 1.165) is 25.7 Å². The van der Waals surface area contributed by atoms with Gasteiger partial charge in [0.2, 0.25) is 0 Å². The number of furan rings is 1. The van der Waals surface area contributed by atoms with E-state index in [0.29, 0.717) is 17.5 Å². The largest absolute Gasteiger partial charge is 0.463 e. The summed E-state index contributed by atoms with van der Waals surface area (Å²) in [6, 6.07) is 3.82. The number of carbonyl (C=O) groups is 1. The van der Waals surface area contributed by atoms with Gasteiger partial charge in [-0.25, -0.2) is 9.50 Å². The van der Waals surface area contributed by atoms with Crippen LogP contribution in [0.4, 0.5) is 13.2 Å². The van der Waals surface area contributed by atoms with E-state index >= 15 is 0 Å². The lowest BCUT2D eigenvalue weighted by Crippen LogP contribution is -2.30. The van der Waals surface area contributed by atoms with E-state index < -0.39 is 17.8 Å². The lowest BCUT2D eigenvalue weighted by molar-refractivity contribution is -0.142. The Labute approximate surface area is 175 Å². The average Bonchev–Trinajstić information content (AvgIpc) is 3.35. The maximum absolute atomic E-state index is 13.6. The second-order valence-corrected chi connectivity index (χ2v) is 6.91. The Morgan fingerprint density at radius 1 is 1.33 bits per heavy atom. The zero-order valence-electron chi connectivity index (χ0n) is 16.5. The summed E-state index contributed by atoms with van der Waals surface area (Å²) >= 11 is 6.20. The van der Waals surface area contributed by atoms with Crippen molar-refractivity contribution in [2.75, 3.05) is 26.2 Å². The summed E-state index contributed by atoms with van der Waals surface area (Å²) < 4.78 is 46.5. The molecule has 0 spiro atoms. The van der Waals surface area contributed by atoms with E-state index in [1.165, 1.54) is 18.4 Å². The zero-order valence-corrected chi connectivity index (χ0v) is 17.2. The molecule has 0 aliphatic rings. The number of aromatic nitrogens is 3. The Morgan fingerprint density at radius 3 is 2.67 bits per heavy atom. The molecule has 11 heteroatoms. The number of rotatable bonds is 8. The third-order valence-corrected chi connectivity index (χ3v) is 4.99. The van der Waals surface area contributed by atoms with Gasteiger partial charge in [-0.2, -0.15) is 18.3 Å². The molecule has 1 amide bonds. The lowest BCUT2D eigenvalue weighted by atomic mass is 10.2. The van der Waals surface area contributed by atoms with Crippen molar-refractivity contribution in [1.29, 1.82) is 0 Å². The van der Waals surface area contributed by atoms with Gasteiger partial charge in [0, 0.05) is 6.54 Å². The van der Waals surface area contributed by atoms with Crippen molar-refractivity contribution in [3.63, 3.8) is 0 Å². The van der Waals surface area contributed by atoms with Crippen LogP contribution in [0.1, 0.15) is 36.5 Å². The maximum Gasteiger partial charge on any atom is 0.433 e. The zero-order chi connectivity index (χ0) is 21.9. The van der Waals surface area contributed by atoms with Gasteiger partial charge in [0.1, 0.15) is 10.7 Å². The van der Waals surface area contributed by atoms with Crippen molar-refractivity contribution in [3.8, 4) is 11.5 Å². The Kier molecular flexibility index (Phi) is 6.67. The highest BCUT2D eigenvalue weighted by Gasteiger charge is 2.37. The molecule has 0 aliphatic heterocycles. The molecule has 0 saturated carbocycles. The number of fused-ring (bicyclic) bond motifs is 1. The van der Waals surface area contributed by atoms with Gasteiger partial charge >= 0.3 is 6.18 Å². The molecule has 30 heavy (non-hydrogen) atoms. The molecule has 0 bridgehead atoms. The number of nitrogens with zero attached hydrogens (tertiary/aromatic N) is 4. The summed E-state index contributed by atoms with van der Waals surface area (Å²) in [5.74, 6) is -0.514. The first-order valence-corrected chi connectivity index (χ1v) is 9.85. The molecule has 0 aliphatic carbocycles. The van der Waals surface area contributed by atoms with E-state index in [2.05, 4.69) is 20.3 Å². The van der Waals surface area contributed by atoms with Gasteiger partial charge in [0.15, 0.2) is 22.8 Å². The number of hydrogen-bond donors (Lipinski definition) is 1. The minimum absolute atomic E-state index is 0.0622. The van der Waals surface area contributed by atoms with Crippen LogP contribution in [-0.4, -0.2) is 51.6 Å². The van der Waals surface area contributed by atoms with Gasteiger partial charge in [-0.15, -0.1) is 0 Å². The third-order valence-electron chi connectivity index (χ3n) is 4.64. The second-order valence-electron chi connectivity index (χ2n) is 6.54. The van der Waals surface area contributed by atoms with E-state index in [1.54, 1.807) is 0 Å². The number of carbonyl (C=O) groups excluding carboxylic acids is 1. The second kappa shape index (κ2) is 9.05. The molecule has 3 aromatic heterocycles. The van der Waals surface area contributed by atoms with Crippen LogP contribution >= 0.6 is 11.6 Å². The monoisotopic (exact) mass is 443 g/mol. The predicted molar refractivity (Wildman–Crippen MR) is 105 cm³/mol. The highest BCUT2D eigenvalue weighted by atomic mass is 35.5. The Balaban J connectivity index is 1.90. The van der Waals surface area contributed by atoms with Gasteiger partial charge in [0.05, 0.1) is 6.26 Å². The summed E-state index contributed by atoms with van der Waals surface area (Å²) in [5, 5.41) is 6.19. The summed E-state index contributed by atoms with van der Waals surface area (Å²) in [6.07, 6.45) is -2.73. The summed E-state index contributed by atoms with van der Waals surface area (Å²) in [6.45, 7) is 7.01. The summed E-state index contributed by atoms with van der Waals surface area (Å²) in [7, 11) is 0. The number of halogens is 4. The first-order valence-electron chi connectivity index (χ1n) is 9.47. The van der Waals surface area contributed by atoms with Crippen molar-refractivity contribution in [3.05, 3.63) is 40.9 Å². The molecule has 0 aromatic carbocycles. The first kappa shape index (κ1) is 22.1. The van der Waals surface area contributed by atoms with Crippen LogP contribution in [0.25, 0.3) is 17.1 Å². The lowest BCUT2D eigenvalue weighted by Gasteiger charge is -2.17. The van der Waals surface area contributed by atoms with Gasteiger partial charge in [-0.05, 0) is 44.3 Å². The van der Waals surface area contributed by atoms with E-state index in [1.807, 2.05) is 13.8 Å². The number of alkyl halides is 3. The molecule has 162 valence electrons. The quantitative estimate of drug-likeness (QED) is 0.530. The molecule has 0 fully saturated rings. The van der Waals surface area contributed by atoms with Crippen LogP contribution in [-0.2, 0) is 6.18 Å². The molecule has 0 radical (unpaired) electrons. The molecule has 3 rings (SSSR count). The normalized spacial score (nSPS) is 12.1. The Morgan fingerprint density at radius 2 is 2.07 bits per heavy atom. The molecule has 3 heterocycles. The van der Waals surface area contributed by atoms with E-state index in [-0.39, 0.29) is 27.8 Å². The fraction of sp³-hybridized carbons (Fsp3) is 0.421. The highest BCUT2D eigenvalue weighted by Crippen LogP contribution is 2.34. The Hall–Kier alpha value is -2.59. The van der Waals surface area contributed by atoms with E-state index in [4.69, 9.17) is 16.0 Å². The maximum atomic E-state index is 13.6. The van der Waals surface area contributed by atoms with Gasteiger partial charge in [0.25, 0.3) is 5.91 Å². The average molecular weight is 444 g/mol. The summed E-state index contributed by atoms with van der Waals surface area (Å²) in [5.41, 5.74) is -1.76. The first-order chi connectivity index (χ1) is 14.3. The van der Waals surface area contributed by atoms with Crippen LogP contribution in [0.5, 0.6) is 0 Å². The number of nitrogens with one attached hydrogen (secondary N) is 1. The van der Waals surface area contributed by atoms with E-state index in [9.17, 15) is 18.0 Å². The molecule has 1 N–H and O–H groups in total. The SMILES string of the molecule is CCN(CC)CCCNC(=O)c1nn2c(C(F)(F)F)cc(-c3ccco3)nc2c1Cl.